The van der Waals surface area contributed by atoms with Crippen molar-refractivity contribution in [3.8, 4) is 0 Å². The molecule has 6 heteroatoms. The summed E-state index contributed by atoms with van der Waals surface area (Å²) in [6.07, 6.45) is 6.55. The smallest absolute Gasteiger partial charge is 0.211 e. The number of hydrogen-bond acceptors (Lipinski definition) is 4. The Labute approximate surface area is 130 Å². The Hall–Kier alpha value is -0.170. The summed E-state index contributed by atoms with van der Waals surface area (Å²) in [5, 5.41) is 3.22. The molecular formula is C15H33N3O2S. The SMILES string of the molecule is CCCNCCCS(=O)(=O)NCCCN1CCCCC1C. The topological polar surface area (TPSA) is 61.4 Å². The molecule has 0 aromatic carbocycles. The Balaban J connectivity index is 2.07. The number of sulfonamides is 1. The van der Waals surface area contributed by atoms with Gasteiger partial charge in [-0.05, 0) is 65.2 Å². The molecule has 126 valence electrons. The minimum absolute atomic E-state index is 0.226. The first-order valence-corrected chi connectivity index (χ1v) is 10.1. The van der Waals surface area contributed by atoms with Crippen LogP contribution in [0.5, 0.6) is 0 Å². The van der Waals surface area contributed by atoms with Crippen molar-refractivity contribution in [1.82, 2.24) is 14.9 Å². The van der Waals surface area contributed by atoms with Crippen LogP contribution in [0.4, 0.5) is 0 Å². The van der Waals surface area contributed by atoms with Gasteiger partial charge in [0, 0.05) is 12.6 Å². The van der Waals surface area contributed by atoms with Crippen LogP contribution in [0.2, 0.25) is 0 Å². The summed E-state index contributed by atoms with van der Waals surface area (Å²) in [7, 11) is -3.09. The van der Waals surface area contributed by atoms with E-state index in [1.165, 1.54) is 19.3 Å². The van der Waals surface area contributed by atoms with Gasteiger partial charge in [0.1, 0.15) is 0 Å². The van der Waals surface area contributed by atoms with Crippen molar-refractivity contribution in [2.45, 2.75) is 58.4 Å². The maximum absolute atomic E-state index is 11.8. The lowest BCUT2D eigenvalue weighted by Crippen LogP contribution is -2.39. The Bertz CT molecular complexity index is 360. The van der Waals surface area contributed by atoms with Crippen molar-refractivity contribution in [3.05, 3.63) is 0 Å². The normalized spacial score (nSPS) is 20.8. The maximum Gasteiger partial charge on any atom is 0.211 e. The molecular weight excluding hydrogens is 286 g/mol. The van der Waals surface area contributed by atoms with E-state index in [9.17, 15) is 8.42 Å². The van der Waals surface area contributed by atoms with Crippen molar-refractivity contribution in [2.75, 3.05) is 38.5 Å². The van der Waals surface area contributed by atoms with Crippen molar-refractivity contribution < 1.29 is 8.42 Å². The summed E-state index contributed by atoms with van der Waals surface area (Å²) in [6.45, 7) is 8.84. The molecule has 0 saturated carbocycles. The largest absolute Gasteiger partial charge is 0.317 e. The number of likely N-dealkylation sites (tertiary alicyclic amines) is 1. The van der Waals surface area contributed by atoms with Crippen LogP contribution in [0.15, 0.2) is 0 Å². The van der Waals surface area contributed by atoms with Gasteiger partial charge in [0.15, 0.2) is 0 Å². The molecule has 1 aliphatic rings. The first kappa shape index (κ1) is 18.9. The Kier molecular flexibility index (Phi) is 9.47. The van der Waals surface area contributed by atoms with Gasteiger partial charge in [-0.1, -0.05) is 13.3 Å². The minimum atomic E-state index is -3.09. The number of nitrogens with one attached hydrogen (secondary N) is 2. The predicted molar refractivity (Wildman–Crippen MR) is 89.1 cm³/mol. The van der Waals surface area contributed by atoms with E-state index >= 15 is 0 Å². The summed E-state index contributed by atoms with van der Waals surface area (Å²) >= 11 is 0. The molecule has 21 heavy (non-hydrogen) atoms. The van der Waals surface area contributed by atoms with Gasteiger partial charge < -0.3 is 10.2 Å². The van der Waals surface area contributed by atoms with Gasteiger partial charge in [-0.25, -0.2) is 13.1 Å². The van der Waals surface area contributed by atoms with E-state index in [1.807, 2.05) is 0 Å². The Morgan fingerprint density at radius 2 is 1.95 bits per heavy atom. The van der Waals surface area contributed by atoms with Crippen LogP contribution in [-0.4, -0.2) is 57.8 Å². The van der Waals surface area contributed by atoms with Crippen LogP contribution in [-0.2, 0) is 10.0 Å². The van der Waals surface area contributed by atoms with Crippen molar-refractivity contribution >= 4 is 10.0 Å². The van der Waals surface area contributed by atoms with E-state index in [0.717, 1.165) is 39.0 Å². The van der Waals surface area contributed by atoms with E-state index in [0.29, 0.717) is 19.0 Å². The third kappa shape index (κ3) is 8.76. The monoisotopic (exact) mass is 319 g/mol. The maximum atomic E-state index is 11.8. The molecule has 0 aromatic rings. The van der Waals surface area contributed by atoms with Gasteiger partial charge in [-0.2, -0.15) is 0 Å². The molecule has 0 amide bonds. The van der Waals surface area contributed by atoms with Crippen LogP contribution in [0.1, 0.15) is 52.4 Å². The molecule has 1 heterocycles. The molecule has 1 atom stereocenters. The van der Waals surface area contributed by atoms with Gasteiger partial charge in [0.05, 0.1) is 5.75 Å². The van der Waals surface area contributed by atoms with Crippen LogP contribution >= 0.6 is 0 Å². The highest BCUT2D eigenvalue weighted by Crippen LogP contribution is 2.16. The number of nitrogens with zero attached hydrogens (tertiary/aromatic N) is 1. The van der Waals surface area contributed by atoms with Crippen molar-refractivity contribution in [3.63, 3.8) is 0 Å². The average Bonchev–Trinajstić information content (AvgIpc) is 2.45. The summed E-state index contributed by atoms with van der Waals surface area (Å²) in [4.78, 5) is 2.48. The zero-order valence-corrected chi connectivity index (χ0v) is 14.6. The Morgan fingerprint density at radius 3 is 2.67 bits per heavy atom. The summed E-state index contributed by atoms with van der Waals surface area (Å²) in [5.41, 5.74) is 0. The standard InChI is InChI=1S/C15H33N3O2S/c1-3-9-16-10-7-14-21(19,20)17-11-6-13-18-12-5-4-8-15(18)2/h15-17H,3-14H2,1-2H3. The van der Waals surface area contributed by atoms with E-state index in [-0.39, 0.29) is 5.75 Å². The second kappa shape index (κ2) is 10.5. The molecule has 1 aliphatic heterocycles. The highest BCUT2D eigenvalue weighted by molar-refractivity contribution is 7.89. The highest BCUT2D eigenvalue weighted by atomic mass is 32.2. The Morgan fingerprint density at radius 1 is 1.14 bits per heavy atom. The molecule has 0 radical (unpaired) electrons. The van der Waals surface area contributed by atoms with Crippen LogP contribution < -0.4 is 10.0 Å². The molecule has 1 unspecified atom stereocenters. The van der Waals surface area contributed by atoms with Crippen molar-refractivity contribution in [1.29, 1.82) is 0 Å². The van der Waals surface area contributed by atoms with Gasteiger partial charge in [-0.15, -0.1) is 0 Å². The molecule has 0 bridgehead atoms. The lowest BCUT2D eigenvalue weighted by molar-refractivity contribution is 0.159. The molecule has 1 saturated heterocycles. The molecule has 1 rings (SSSR count). The fourth-order valence-electron chi connectivity index (χ4n) is 2.76. The molecule has 0 spiro atoms. The van der Waals surface area contributed by atoms with E-state index in [1.54, 1.807) is 0 Å². The zero-order valence-electron chi connectivity index (χ0n) is 13.7. The lowest BCUT2D eigenvalue weighted by Gasteiger charge is -2.33. The third-order valence-corrected chi connectivity index (χ3v) is 5.55. The van der Waals surface area contributed by atoms with E-state index < -0.39 is 10.0 Å². The van der Waals surface area contributed by atoms with E-state index in [2.05, 4.69) is 28.8 Å². The predicted octanol–water partition coefficient (Wildman–Crippen LogP) is 1.56. The van der Waals surface area contributed by atoms with Gasteiger partial charge in [0.25, 0.3) is 0 Å². The number of hydrogen-bond donors (Lipinski definition) is 2. The lowest BCUT2D eigenvalue weighted by atomic mass is 10.0. The van der Waals surface area contributed by atoms with Crippen molar-refractivity contribution in [2.24, 2.45) is 0 Å². The molecule has 1 fully saturated rings. The number of rotatable bonds is 11. The van der Waals surface area contributed by atoms with Gasteiger partial charge in [0.2, 0.25) is 10.0 Å². The van der Waals surface area contributed by atoms with Gasteiger partial charge >= 0.3 is 0 Å². The molecule has 0 aromatic heterocycles. The molecule has 5 nitrogen and oxygen atoms in total. The fraction of sp³-hybridized carbons (Fsp3) is 1.00. The fourth-order valence-corrected chi connectivity index (χ4v) is 3.88. The molecule has 0 aliphatic carbocycles. The second-order valence-electron chi connectivity index (χ2n) is 6.05. The summed E-state index contributed by atoms with van der Waals surface area (Å²) < 4.78 is 26.4. The second-order valence-corrected chi connectivity index (χ2v) is 7.98. The minimum Gasteiger partial charge on any atom is -0.317 e. The van der Waals surface area contributed by atoms with Crippen LogP contribution in [0.25, 0.3) is 0 Å². The van der Waals surface area contributed by atoms with Gasteiger partial charge in [-0.3, -0.25) is 0 Å². The third-order valence-electron chi connectivity index (χ3n) is 4.08. The van der Waals surface area contributed by atoms with E-state index in [4.69, 9.17) is 0 Å². The van der Waals surface area contributed by atoms with Crippen LogP contribution in [0, 0.1) is 0 Å². The summed E-state index contributed by atoms with van der Waals surface area (Å²) in [5.74, 6) is 0.226. The zero-order chi connectivity index (χ0) is 15.6. The quantitative estimate of drug-likeness (QED) is 0.567. The molecule has 2 N–H and O–H groups in total. The first-order valence-electron chi connectivity index (χ1n) is 8.47. The first-order chi connectivity index (χ1) is 10.0. The highest BCUT2D eigenvalue weighted by Gasteiger charge is 2.17. The summed E-state index contributed by atoms with van der Waals surface area (Å²) in [6, 6.07) is 0.653. The van der Waals surface area contributed by atoms with Crippen LogP contribution in [0.3, 0.4) is 0 Å². The average molecular weight is 320 g/mol. The number of piperidine rings is 1.